The number of carbonyl (C=O) groups excluding carboxylic acids is 1. The molecule has 3 aromatic rings. The van der Waals surface area contributed by atoms with Gasteiger partial charge < -0.3 is 10.1 Å². The topological polar surface area (TPSA) is 50.4 Å². The predicted octanol–water partition coefficient (Wildman–Crippen LogP) is 5.41. The third kappa shape index (κ3) is 5.81. The summed E-state index contributed by atoms with van der Waals surface area (Å²) in [6.45, 7) is 0.333. The normalized spacial score (nSPS) is 10.9. The Morgan fingerprint density at radius 2 is 1.63 bits per heavy atom. The number of nitrogens with one attached hydrogen (secondary N) is 2. The van der Waals surface area contributed by atoms with Crippen LogP contribution in [0.3, 0.4) is 0 Å². The highest BCUT2D eigenvalue weighted by Gasteiger charge is 2.33. The molecule has 3 rings (SSSR count). The molecule has 0 aliphatic carbocycles. The molecule has 30 heavy (non-hydrogen) atoms. The average molecular weight is 430 g/mol. The number of benzene rings is 3. The third-order valence-electron chi connectivity index (χ3n) is 4.05. The molecule has 4 nitrogen and oxygen atoms in total. The van der Waals surface area contributed by atoms with E-state index in [1.807, 2.05) is 30.3 Å². The van der Waals surface area contributed by atoms with Gasteiger partial charge in [-0.05, 0) is 48.1 Å². The Morgan fingerprint density at radius 1 is 0.933 bits per heavy atom. The van der Waals surface area contributed by atoms with E-state index in [2.05, 4.69) is 10.6 Å². The van der Waals surface area contributed by atoms with E-state index in [1.54, 1.807) is 18.2 Å². The molecule has 0 saturated heterocycles. The van der Waals surface area contributed by atoms with Gasteiger partial charge in [-0.15, -0.1) is 0 Å². The highest BCUT2D eigenvalue weighted by molar-refractivity contribution is 7.80. The van der Waals surface area contributed by atoms with Crippen molar-refractivity contribution in [1.29, 1.82) is 0 Å². The van der Waals surface area contributed by atoms with Crippen LogP contribution in [0.2, 0.25) is 0 Å². The molecule has 0 unspecified atom stereocenters. The Hall–Kier alpha value is -3.39. The van der Waals surface area contributed by atoms with Gasteiger partial charge in [-0.1, -0.05) is 48.5 Å². The maximum Gasteiger partial charge on any atom is 0.418 e. The molecule has 0 bridgehead atoms. The Morgan fingerprint density at radius 3 is 2.37 bits per heavy atom. The molecule has 3 aromatic carbocycles. The first-order valence-electron chi connectivity index (χ1n) is 8.88. The van der Waals surface area contributed by atoms with Crippen molar-refractivity contribution in [2.75, 3.05) is 5.32 Å². The number of alkyl halides is 3. The Labute approximate surface area is 176 Å². The monoisotopic (exact) mass is 430 g/mol. The minimum atomic E-state index is -4.55. The molecule has 8 heteroatoms. The zero-order valence-electron chi connectivity index (χ0n) is 15.6. The predicted molar refractivity (Wildman–Crippen MR) is 112 cm³/mol. The number of anilines is 1. The summed E-state index contributed by atoms with van der Waals surface area (Å²) < 4.78 is 44.9. The van der Waals surface area contributed by atoms with Crippen LogP contribution in [0.15, 0.2) is 78.9 Å². The fourth-order valence-electron chi connectivity index (χ4n) is 2.64. The molecule has 0 atom stereocenters. The largest absolute Gasteiger partial charge is 0.489 e. The summed E-state index contributed by atoms with van der Waals surface area (Å²) in [7, 11) is 0. The highest BCUT2D eigenvalue weighted by atomic mass is 32.1. The fourth-order valence-corrected chi connectivity index (χ4v) is 2.84. The van der Waals surface area contributed by atoms with Crippen molar-refractivity contribution >= 4 is 28.9 Å². The van der Waals surface area contributed by atoms with Crippen LogP contribution in [0.1, 0.15) is 21.5 Å². The van der Waals surface area contributed by atoms with Gasteiger partial charge in [-0.2, -0.15) is 13.2 Å². The number of ether oxygens (including phenoxy) is 1. The number of hydrogen-bond acceptors (Lipinski definition) is 3. The Bertz CT molecular complexity index is 1040. The summed E-state index contributed by atoms with van der Waals surface area (Å²) in [6, 6.07) is 20.8. The van der Waals surface area contributed by atoms with Crippen molar-refractivity contribution in [3.63, 3.8) is 0 Å². The summed E-state index contributed by atoms with van der Waals surface area (Å²) in [4.78, 5) is 12.4. The summed E-state index contributed by atoms with van der Waals surface area (Å²) in [5, 5.41) is 4.57. The van der Waals surface area contributed by atoms with Gasteiger partial charge in [0.15, 0.2) is 5.11 Å². The quantitative estimate of drug-likeness (QED) is 0.532. The minimum Gasteiger partial charge on any atom is -0.489 e. The van der Waals surface area contributed by atoms with E-state index >= 15 is 0 Å². The lowest BCUT2D eigenvalue weighted by molar-refractivity contribution is -0.136. The molecule has 0 saturated carbocycles. The highest BCUT2D eigenvalue weighted by Crippen LogP contribution is 2.34. The zero-order chi connectivity index (χ0) is 21.6. The standard InChI is InChI=1S/C22H17F3N2O2S/c23-22(24,25)18-11-4-5-12-19(18)26-21(30)27-20(28)16-9-6-10-17(13-16)29-14-15-7-2-1-3-8-15/h1-13H,14H2,(H2,26,27,28,30). The second-order valence-corrected chi connectivity index (χ2v) is 6.66. The van der Waals surface area contributed by atoms with Crippen LogP contribution < -0.4 is 15.4 Å². The molecule has 0 aliphatic heterocycles. The lowest BCUT2D eigenvalue weighted by atomic mass is 10.1. The molecule has 2 N–H and O–H groups in total. The second-order valence-electron chi connectivity index (χ2n) is 6.25. The van der Waals surface area contributed by atoms with E-state index in [0.29, 0.717) is 12.4 Å². The molecule has 154 valence electrons. The van der Waals surface area contributed by atoms with Crippen molar-refractivity contribution < 1.29 is 22.7 Å². The third-order valence-corrected chi connectivity index (χ3v) is 4.26. The van der Waals surface area contributed by atoms with Gasteiger partial charge in [-0.3, -0.25) is 10.1 Å². The first kappa shape index (κ1) is 21.3. The van der Waals surface area contributed by atoms with Crippen LogP contribution in [0.5, 0.6) is 5.75 Å². The SMILES string of the molecule is O=C(NC(=S)Nc1ccccc1C(F)(F)F)c1cccc(OCc2ccccc2)c1. The molecule has 0 spiro atoms. The van der Waals surface area contributed by atoms with E-state index in [1.165, 1.54) is 24.3 Å². The molecule has 0 radical (unpaired) electrons. The smallest absolute Gasteiger partial charge is 0.418 e. The molecular weight excluding hydrogens is 413 g/mol. The van der Waals surface area contributed by atoms with E-state index < -0.39 is 17.6 Å². The fraction of sp³-hybridized carbons (Fsp3) is 0.0909. The van der Waals surface area contributed by atoms with Gasteiger partial charge in [0, 0.05) is 5.56 Å². The van der Waals surface area contributed by atoms with Crippen molar-refractivity contribution in [1.82, 2.24) is 5.32 Å². The number of carbonyl (C=O) groups is 1. The summed E-state index contributed by atoms with van der Waals surface area (Å²) in [6.07, 6.45) is -4.55. The molecule has 0 aromatic heterocycles. The number of rotatable bonds is 5. The van der Waals surface area contributed by atoms with E-state index in [0.717, 1.165) is 11.6 Å². The van der Waals surface area contributed by atoms with Crippen molar-refractivity contribution in [2.45, 2.75) is 12.8 Å². The number of halogens is 3. The van der Waals surface area contributed by atoms with Gasteiger partial charge in [0.1, 0.15) is 12.4 Å². The molecular formula is C22H17F3N2O2S. The first-order chi connectivity index (χ1) is 14.3. The van der Waals surface area contributed by atoms with E-state index in [9.17, 15) is 18.0 Å². The van der Waals surface area contributed by atoms with Crippen LogP contribution in [0, 0.1) is 0 Å². The van der Waals surface area contributed by atoms with Gasteiger partial charge in [0.05, 0.1) is 11.3 Å². The summed E-state index contributed by atoms with van der Waals surface area (Å²) in [5.74, 6) is -0.0880. The first-order valence-corrected chi connectivity index (χ1v) is 9.29. The number of hydrogen-bond donors (Lipinski definition) is 2. The van der Waals surface area contributed by atoms with Crippen molar-refractivity contribution in [2.24, 2.45) is 0 Å². The molecule has 0 fully saturated rings. The maximum atomic E-state index is 13.1. The van der Waals surface area contributed by atoms with Gasteiger partial charge in [0.2, 0.25) is 0 Å². The number of thiocarbonyl (C=S) groups is 1. The number of amides is 1. The molecule has 1 amide bonds. The van der Waals surface area contributed by atoms with Crippen molar-refractivity contribution in [3.05, 3.63) is 95.6 Å². The Kier molecular flexibility index (Phi) is 6.68. The Balaban J connectivity index is 1.63. The van der Waals surface area contributed by atoms with Crippen LogP contribution in [0.25, 0.3) is 0 Å². The zero-order valence-corrected chi connectivity index (χ0v) is 16.4. The van der Waals surface area contributed by atoms with Crippen LogP contribution in [0.4, 0.5) is 18.9 Å². The molecule has 0 heterocycles. The van der Waals surface area contributed by atoms with Crippen LogP contribution in [-0.2, 0) is 12.8 Å². The van der Waals surface area contributed by atoms with Gasteiger partial charge in [-0.25, -0.2) is 0 Å². The summed E-state index contributed by atoms with van der Waals surface area (Å²) >= 11 is 5.00. The van der Waals surface area contributed by atoms with Crippen molar-refractivity contribution in [3.8, 4) is 5.75 Å². The maximum absolute atomic E-state index is 13.1. The minimum absolute atomic E-state index is 0.241. The summed E-state index contributed by atoms with van der Waals surface area (Å²) in [5.41, 5.74) is 0.114. The van der Waals surface area contributed by atoms with E-state index in [4.69, 9.17) is 17.0 Å². The van der Waals surface area contributed by atoms with Crippen LogP contribution in [-0.4, -0.2) is 11.0 Å². The van der Waals surface area contributed by atoms with E-state index in [-0.39, 0.29) is 16.4 Å². The average Bonchev–Trinajstić information content (AvgIpc) is 2.73. The second kappa shape index (κ2) is 9.41. The van der Waals surface area contributed by atoms with Crippen LogP contribution >= 0.6 is 12.2 Å². The number of para-hydroxylation sites is 1. The van der Waals surface area contributed by atoms with Gasteiger partial charge >= 0.3 is 6.18 Å². The molecule has 0 aliphatic rings. The lowest BCUT2D eigenvalue weighted by Gasteiger charge is -2.15. The van der Waals surface area contributed by atoms with Gasteiger partial charge in [0.25, 0.3) is 5.91 Å². The lowest BCUT2D eigenvalue weighted by Crippen LogP contribution is -2.34.